The molecule has 1 aromatic carbocycles. The molecular formula is C15H20N2O3. The van der Waals surface area contributed by atoms with Crippen LogP contribution in [-0.2, 0) is 9.59 Å². The molecule has 0 saturated carbocycles. The number of carboxylic acid groups (broad SMARTS) is 1. The Labute approximate surface area is 118 Å². The molecule has 1 heterocycles. The van der Waals surface area contributed by atoms with E-state index >= 15 is 0 Å². The van der Waals surface area contributed by atoms with Crippen LogP contribution in [-0.4, -0.2) is 29.6 Å². The first-order chi connectivity index (χ1) is 9.54. The number of fused-ring (bicyclic) bond motifs is 1. The van der Waals surface area contributed by atoms with E-state index < -0.39 is 11.9 Å². The smallest absolute Gasteiger partial charge is 0.312 e. The molecule has 1 amide bonds. The van der Waals surface area contributed by atoms with Gasteiger partial charge in [-0.2, -0.15) is 0 Å². The van der Waals surface area contributed by atoms with Gasteiger partial charge in [0.25, 0.3) is 0 Å². The number of carbonyl (C=O) groups is 2. The van der Waals surface area contributed by atoms with Gasteiger partial charge in [-0.05, 0) is 18.1 Å². The molecule has 5 nitrogen and oxygen atoms in total. The van der Waals surface area contributed by atoms with E-state index in [-0.39, 0.29) is 24.9 Å². The van der Waals surface area contributed by atoms with Gasteiger partial charge in [0.15, 0.2) is 0 Å². The molecule has 1 aliphatic heterocycles. The topological polar surface area (TPSA) is 83.6 Å². The van der Waals surface area contributed by atoms with Crippen molar-refractivity contribution in [3.05, 3.63) is 29.8 Å². The number of amides is 1. The molecule has 0 saturated heterocycles. The fraction of sp³-hybridized carbons (Fsp3) is 0.467. The van der Waals surface area contributed by atoms with E-state index in [9.17, 15) is 14.7 Å². The summed E-state index contributed by atoms with van der Waals surface area (Å²) in [7, 11) is 0. The Balaban J connectivity index is 2.18. The Bertz CT molecular complexity index is 516. The summed E-state index contributed by atoms with van der Waals surface area (Å²) in [4.78, 5) is 25.2. The molecule has 2 rings (SSSR count). The van der Waals surface area contributed by atoms with Crippen molar-refractivity contribution in [2.75, 3.05) is 11.4 Å². The van der Waals surface area contributed by atoms with Gasteiger partial charge in [0.05, 0.1) is 0 Å². The second kappa shape index (κ2) is 6.05. The summed E-state index contributed by atoms with van der Waals surface area (Å²) in [5.74, 6) is -1.63. The number of anilines is 1. The lowest BCUT2D eigenvalue weighted by Gasteiger charge is -2.19. The number of carboxylic acids is 1. The third kappa shape index (κ3) is 2.82. The molecule has 2 unspecified atom stereocenters. The maximum atomic E-state index is 12.3. The number of carbonyl (C=O) groups excluding carboxylic acids is 1. The van der Waals surface area contributed by atoms with Gasteiger partial charge in [-0.15, -0.1) is 0 Å². The average Bonchev–Trinajstić information content (AvgIpc) is 2.78. The molecule has 0 bridgehead atoms. The molecule has 20 heavy (non-hydrogen) atoms. The fourth-order valence-electron chi connectivity index (χ4n) is 2.66. The molecule has 5 heteroatoms. The summed E-state index contributed by atoms with van der Waals surface area (Å²) in [6, 6.07) is 7.01. The van der Waals surface area contributed by atoms with E-state index in [0.29, 0.717) is 11.3 Å². The summed E-state index contributed by atoms with van der Waals surface area (Å²) < 4.78 is 0. The largest absolute Gasteiger partial charge is 0.481 e. The lowest BCUT2D eigenvalue weighted by Crippen LogP contribution is -2.36. The minimum absolute atomic E-state index is 0.0952. The first kappa shape index (κ1) is 14.5. The van der Waals surface area contributed by atoms with E-state index in [1.54, 1.807) is 23.1 Å². The minimum atomic E-state index is -0.898. The number of benzene rings is 1. The Morgan fingerprint density at radius 2 is 2.15 bits per heavy atom. The summed E-state index contributed by atoms with van der Waals surface area (Å²) >= 11 is 0. The van der Waals surface area contributed by atoms with E-state index in [0.717, 1.165) is 12.8 Å². The predicted octanol–water partition coefficient (Wildman–Crippen LogP) is 1.72. The lowest BCUT2D eigenvalue weighted by atomic mass is 10.0. The van der Waals surface area contributed by atoms with Crippen molar-refractivity contribution in [3.8, 4) is 0 Å². The number of hydrogen-bond donors (Lipinski definition) is 2. The molecule has 0 aliphatic carbocycles. The Morgan fingerprint density at radius 3 is 2.80 bits per heavy atom. The van der Waals surface area contributed by atoms with Crippen LogP contribution in [0.2, 0.25) is 0 Å². The maximum absolute atomic E-state index is 12.3. The standard InChI is InChI=1S/C15H20N2O3/c1-2-5-10(16)8-14(18)17-9-12(15(19)20)11-6-3-4-7-13(11)17/h3-4,6-7,10,12H,2,5,8-9,16H2,1H3,(H,19,20). The molecular weight excluding hydrogens is 256 g/mol. The second-order valence-electron chi connectivity index (χ2n) is 5.21. The third-order valence-corrected chi connectivity index (χ3v) is 3.66. The van der Waals surface area contributed by atoms with Gasteiger partial charge in [-0.1, -0.05) is 31.5 Å². The zero-order chi connectivity index (χ0) is 14.7. The fourth-order valence-corrected chi connectivity index (χ4v) is 2.66. The Kier molecular flexibility index (Phi) is 4.39. The molecule has 1 aromatic rings. The van der Waals surface area contributed by atoms with Crippen LogP contribution in [0.25, 0.3) is 0 Å². The maximum Gasteiger partial charge on any atom is 0.312 e. The number of rotatable bonds is 5. The Morgan fingerprint density at radius 1 is 1.45 bits per heavy atom. The predicted molar refractivity (Wildman–Crippen MR) is 76.7 cm³/mol. The van der Waals surface area contributed by atoms with E-state index in [4.69, 9.17) is 5.73 Å². The van der Waals surface area contributed by atoms with Gasteiger partial charge in [0.1, 0.15) is 5.92 Å². The van der Waals surface area contributed by atoms with Crippen molar-refractivity contribution in [2.45, 2.75) is 38.1 Å². The Hall–Kier alpha value is -1.88. The quantitative estimate of drug-likeness (QED) is 0.857. The second-order valence-corrected chi connectivity index (χ2v) is 5.21. The molecule has 0 radical (unpaired) electrons. The van der Waals surface area contributed by atoms with Crippen LogP contribution >= 0.6 is 0 Å². The highest BCUT2D eigenvalue weighted by Gasteiger charge is 2.36. The van der Waals surface area contributed by atoms with Gasteiger partial charge in [0.2, 0.25) is 5.91 Å². The summed E-state index contributed by atoms with van der Waals surface area (Å²) in [6.07, 6.45) is 1.99. The van der Waals surface area contributed by atoms with Gasteiger partial charge in [0, 0.05) is 24.7 Å². The highest BCUT2D eigenvalue weighted by molar-refractivity contribution is 5.99. The molecule has 0 aromatic heterocycles. The van der Waals surface area contributed by atoms with Crippen molar-refractivity contribution in [3.63, 3.8) is 0 Å². The molecule has 0 fully saturated rings. The number of nitrogens with two attached hydrogens (primary N) is 1. The number of hydrogen-bond acceptors (Lipinski definition) is 3. The van der Waals surface area contributed by atoms with Crippen molar-refractivity contribution in [1.82, 2.24) is 0 Å². The number of aliphatic carboxylic acids is 1. The summed E-state index contributed by atoms with van der Waals surface area (Å²) in [5, 5.41) is 9.26. The van der Waals surface area contributed by atoms with Gasteiger partial charge in [-0.25, -0.2) is 0 Å². The van der Waals surface area contributed by atoms with Crippen molar-refractivity contribution in [2.24, 2.45) is 5.73 Å². The third-order valence-electron chi connectivity index (χ3n) is 3.66. The normalized spacial score (nSPS) is 18.7. The molecule has 3 N–H and O–H groups in total. The monoisotopic (exact) mass is 276 g/mol. The first-order valence-electron chi connectivity index (χ1n) is 6.92. The average molecular weight is 276 g/mol. The van der Waals surface area contributed by atoms with Crippen LogP contribution in [0.5, 0.6) is 0 Å². The molecule has 1 aliphatic rings. The van der Waals surface area contributed by atoms with Crippen LogP contribution in [0.3, 0.4) is 0 Å². The first-order valence-corrected chi connectivity index (χ1v) is 6.92. The van der Waals surface area contributed by atoms with Crippen LogP contribution in [0.15, 0.2) is 24.3 Å². The number of para-hydroxylation sites is 1. The summed E-state index contributed by atoms with van der Waals surface area (Å²) in [6.45, 7) is 2.22. The highest BCUT2D eigenvalue weighted by atomic mass is 16.4. The highest BCUT2D eigenvalue weighted by Crippen LogP contribution is 2.36. The van der Waals surface area contributed by atoms with Gasteiger partial charge < -0.3 is 15.7 Å². The number of nitrogens with zero attached hydrogens (tertiary/aromatic N) is 1. The minimum Gasteiger partial charge on any atom is -0.481 e. The van der Waals surface area contributed by atoms with Crippen LogP contribution in [0.4, 0.5) is 5.69 Å². The van der Waals surface area contributed by atoms with Crippen molar-refractivity contribution in [1.29, 1.82) is 0 Å². The van der Waals surface area contributed by atoms with Gasteiger partial charge in [-0.3, -0.25) is 9.59 Å². The molecule has 108 valence electrons. The zero-order valence-corrected chi connectivity index (χ0v) is 11.6. The lowest BCUT2D eigenvalue weighted by molar-refractivity contribution is -0.138. The SMILES string of the molecule is CCCC(N)CC(=O)N1CC(C(=O)O)c2ccccc21. The van der Waals surface area contributed by atoms with Crippen LogP contribution in [0.1, 0.15) is 37.7 Å². The van der Waals surface area contributed by atoms with Crippen molar-refractivity contribution < 1.29 is 14.7 Å². The van der Waals surface area contributed by atoms with E-state index in [1.807, 2.05) is 13.0 Å². The van der Waals surface area contributed by atoms with Crippen LogP contribution in [0, 0.1) is 0 Å². The summed E-state index contributed by atoms with van der Waals surface area (Å²) in [5.41, 5.74) is 7.31. The van der Waals surface area contributed by atoms with E-state index in [1.165, 1.54) is 0 Å². The van der Waals surface area contributed by atoms with E-state index in [2.05, 4.69) is 0 Å². The van der Waals surface area contributed by atoms with Crippen molar-refractivity contribution >= 4 is 17.6 Å². The zero-order valence-electron chi connectivity index (χ0n) is 11.6. The molecule has 0 spiro atoms. The van der Waals surface area contributed by atoms with Gasteiger partial charge >= 0.3 is 5.97 Å². The molecule has 2 atom stereocenters. The van der Waals surface area contributed by atoms with Crippen LogP contribution < -0.4 is 10.6 Å².